The van der Waals surface area contributed by atoms with Crippen LogP contribution in [0, 0.1) is 22.3 Å². The van der Waals surface area contributed by atoms with Crippen LogP contribution in [0.1, 0.15) is 122 Å². The number of carbonyl (C=O) groups is 2. The van der Waals surface area contributed by atoms with Gasteiger partial charge in [0, 0.05) is 60.9 Å². The first-order valence-corrected chi connectivity index (χ1v) is 25.6. The maximum atomic E-state index is 14.5. The number of ether oxygens (including phenoxy) is 2. The summed E-state index contributed by atoms with van der Waals surface area (Å²) in [7, 11) is 0. The van der Waals surface area contributed by atoms with Gasteiger partial charge in [0.15, 0.2) is 0 Å². The number of hydrogen-bond acceptors (Lipinski definition) is 14. The minimum absolute atomic E-state index is 0.167. The zero-order valence-corrected chi connectivity index (χ0v) is 43.2. The lowest BCUT2D eigenvalue weighted by Crippen LogP contribution is -2.49. The van der Waals surface area contributed by atoms with Crippen LogP contribution < -0.4 is 0 Å². The van der Waals surface area contributed by atoms with Gasteiger partial charge in [-0.25, -0.2) is 18.4 Å². The Kier molecular flexibility index (Phi) is 14.5. The van der Waals surface area contributed by atoms with E-state index in [4.69, 9.17) is 18.5 Å². The Labute approximate surface area is 419 Å². The number of rotatable bonds is 6. The van der Waals surface area contributed by atoms with E-state index >= 15 is 0 Å². The predicted molar refractivity (Wildman–Crippen MR) is 264 cm³/mol. The van der Waals surface area contributed by atoms with Crippen LogP contribution in [0.3, 0.4) is 0 Å². The van der Waals surface area contributed by atoms with Crippen molar-refractivity contribution in [1.29, 1.82) is 0 Å². The van der Waals surface area contributed by atoms with Gasteiger partial charge in [0.1, 0.15) is 37.6 Å². The van der Waals surface area contributed by atoms with Crippen LogP contribution >= 0.6 is 22.6 Å². The molecule has 10 rings (SSSR count). The first kappa shape index (κ1) is 49.7. The number of aryl methyl sites for hydroxylation is 1. The summed E-state index contributed by atoms with van der Waals surface area (Å²) in [4.78, 5) is 42.5. The average Bonchev–Trinajstić information content (AvgIpc) is 4.15. The molecule has 0 bridgehead atoms. The molecule has 0 N–H and O–H groups in total. The number of para-hydroxylation sites is 2. The van der Waals surface area contributed by atoms with Crippen LogP contribution in [0.25, 0.3) is 33.7 Å². The Balaban J connectivity index is 0.000000174. The lowest BCUT2D eigenvalue weighted by molar-refractivity contribution is 0.0115. The first-order valence-electron chi connectivity index (χ1n) is 24.5. The second kappa shape index (κ2) is 20.4. The topological polar surface area (TPSA) is 179 Å². The highest BCUT2D eigenvalue weighted by molar-refractivity contribution is 14.1. The summed E-state index contributed by atoms with van der Waals surface area (Å²) < 4.78 is 54.7. The molecule has 4 fully saturated rings. The summed E-state index contributed by atoms with van der Waals surface area (Å²) in [5.41, 5.74) is 0.502. The molecule has 18 nitrogen and oxygen atoms in total. The molecule has 376 valence electrons. The fourth-order valence-corrected chi connectivity index (χ4v) is 10.8. The molecule has 70 heavy (non-hydrogen) atoms. The normalized spacial score (nSPS) is 18.9. The highest BCUT2D eigenvalue weighted by atomic mass is 127. The van der Waals surface area contributed by atoms with Crippen molar-refractivity contribution in [1.82, 2.24) is 59.4 Å². The monoisotopic (exact) mass is 1080 g/mol. The van der Waals surface area contributed by atoms with E-state index in [1.165, 1.54) is 21.5 Å². The standard InChI is InChI=1S/C25H33FN6O3.C24H30FIN6O3/c1-16-19-6-5-7-20(26)21(19)32(28-16)23-27-22(35-29-23)17-8-12-30(13-9-17)18-10-14-31(15-11-18)24(33)34-25(2,3)4;1-24(2,3)34-23(33)31-13-9-16(10-14-31)30-11-7-15(8-12-30)21-27-22(29-35-21)32-19-17(20(26)28-32)5-4-6-18(19)25/h5-7,17-18H,8-15H2,1-4H3;4-6,15-16H,7-14H2,1-3H3. The fraction of sp³-hybridized carbons (Fsp3) is 0.592. The molecule has 0 aliphatic carbocycles. The summed E-state index contributed by atoms with van der Waals surface area (Å²) in [5, 5.41) is 18.5. The van der Waals surface area contributed by atoms with Crippen molar-refractivity contribution in [2.24, 2.45) is 0 Å². The van der Waals surface area contributed by atoms with E-state index in [1.54, 1.807) is 12.1 Å². The summed E-state index contributed by atoms with van der Waals surface area (Å²) in [5.74, 6) is 1.29. The molecule has 0 spiro atoms. The van der Waals surface area contributed by atoms with Gasteiger partial charge in [-0.3, -0.25) is 0 Å². The summed E-state index contributed by atoms with van der Waals surface area (Å²) >= 11 is 2.09. The number of carbonyl (C=O) groups excluding carboxylic acids is 2. The molecule has 4 aliphatic rings. The SMILES string of the molecule is CC(C)(C)OC(=O)N1CCC(N2CCC(c3nc(-n4nc(I)c5cccc(F)c54)no3)CC2)CC1.Cc1nn(-c2noc(C3CCN(C4CCN(C(=O)OC(C)(C)C)CC4)CC3)n2)c2c(F)cccc12. The van der Waals surface area contributed by atoms with E-state index in [0.717, 1.165) is 120 Å². The highest BCUT2D eigenvalue weighted by Crippen LogP contribution is 2.34. The Morgan fingerprint density at radius 2 is 1.00 bits per heavy atom. The Bertz CT molecular complexity index is 2590. The summed E-state index contributed by atoms with van der Waals surface area (Å²) in [6.45, 7) is 19.9. The lowest BCUT2D eigenvalue weighted by atomic mass is 9.93. The van der Waals surface area contributed by atoms with Gasteiger partial charge in [-0.2, -0.15) is 29.5 Å². The van der Waals surface area contributed by atoms with Gasteiger partial charge in [0.2, 0.25) is 11.8 Å². The number of hydrogen-bond donors (Lipinski definition) is 0. The molecule has 0 saturated carbocycles. The number of benzene rings is 2. The number of halogens is 3. The van der Waals surface area contributed by atoms with Gasteiger partial charge in [-0.15, -0.1) is 0 Å². The zero-order chi connectivity index (χ0) is 49.5. The molecule has 4 aliphatic heterocycles. The maximum absolute atomic E-state index is 14.5. The van der Waals surface area contributed by atoms with Crippen molar-refractivity contribution in [2.75, 3.05) is 52.4 Å². The van der Waals surface area contributed by atoms with Crippen LogP contribution in [-0.4, -0.2) is 147 Å². The number of piperidine rings is 4. The maximum Gasteiger partial charge on any atom is 0.410 e. The van der Waals surface area contributed by atoms with Gasteiger partial charge >= 0.3 is 12.2 Å². The van der Waals surface area contributed by atoms with Gasteiger partial charge < -0.3 is 38.1 Å². The molecule has 2 aromatic carbocycles. The number of nitrogens with zero attached hydrogens (tertiary/aromatic N) is 12. The minimum atomic E-state index is -0.471. The quantitative estimate of drug-likeness (QED) is 0.144. The molecule has 6 aromatic rings. The van der Waals surface area contributed by atoms with Gasteiger partial charge in [0.05, 0.1) is 5.69 Å². The Morgan fingerprint density at radius 3 is 1.43 bits per heavy atom. The second-order valence-corrected chi connectivity index (χ2v) is 21.9. The fourth-order valence-electron chi connectivity index (χ4n) is 10.1. The molecule has 8 heterocycles. The van der Waals surface area contributed by atoms with Crippen LogP contribution in [0.15, 0.2) is 45.4 Å². The van der Waals surface area contributed by atoms with Crippen molar-refractivity contribution in [3.8, 4) is 11.9 Å². The van der Waals surface area contributed by atoms with E-state index in [-0.39, 0.29) is 47.6 Å². The van der Waals surface area contributed by atoms with Crippen molar-refractivity contribution in [3.63, 3.8) is 0 Å². The third-order valence-electron chi connectivity index (χ3n) is 13.7. The number of aromatic nitrogens is 8. The molecule has 4 saturated heterocycles. The number of amides is 2. The number of likely N-dealkylation sites (tertiary alicyclic amines) is 4. The molecule has 21 heteroatoms. The Morgan fingerprint density at radius 1 is 0.600 bits per heavy atom. The van der Waals surface area contributed by atoms with Gasteiger partial charge in [0.25, 0.3) is 11.9 Å². The van der Waals surface area contributed by atoms with Gasteiger partial charge in [-0.05, 0) is 177 Å². The van der Waals surface area contributed by atoms with Crippen molar-refractivity contribution < 1.29 is 36.9 Å². The number of fused-ring (bicyclic) bond motifs is 2. The Hall–Kier alpha value is -5.29. The van der Waals surface area contributed by atoms with Crippen LogP contribution in [0.5, 0.6) is 0 Å². The predicted octanol–water partition coefficient (Wildman–Crippen LogP) is 9.17. The second-order valence-electron chi connectivity index (χ2n) is 20.9. The molecule has 0 radical (unpaired) electrons. The van der Waals surface area contributed by atoms with Crippen LogP contribution in [0.2, 0.25) is 0 Å². The van der Waals surface area contributed by atoms with Crippen LogP contribution in [-0.2, 0) is 9.47 Å². The van der Waals surface area contributed by atoms with E-state index in [1.807, 2.05) is 70.4 Å². The smallest absolute Gasteiger partial charge is 0.410 e. The van der Waals surface area contributed by atoms with E-state index < -0.39 is 11.2 Å². The van der Waals surface area contributed by atoms with Crippen molar-refractivity contribution in [3.05, 3.63) is 69.2 Å². The molecular formula is C49H63F2IN12O6. The molecule has 2 amide bonds. The van der Waals surface area contributed by atoms with Crippen molar-refractivity contribution >= 4 is 56.6 Å². The third-order valence-corrected chi connectivity index (χ3v) is 14.5. The minimum Gasteiger partial charge on any atom is -0.444 e. The summed E-state index contributed by atoms with van der Waals surface area (Å²) in [6.07, 6.45) is 7.03. The summed E-state index contributed by atoms with van der Waals surface area (Å²) in [6, 6.07) is 10.8. The third kappa shape index (κ3) is 11.1. The van der Waals surface area contributed by atoms with E-state index in [9.17, 15) is 18.4 Å². The van der Waals surface area contributed by atoms with Crippen molar-refractivity contribution in [2.45, 2.75) is 135 Å². The molecule has 0 unspecified atom stereocenters. The van der Waals surface area contributed by atoms with E-state index in [2.05, 4.69) is 62.9 Å². The lowest BCUT2D eigenvalue weighted by Gasteiger charge is -2.41. The van der Waals surface area contributed by atoms with Gasteiger partial charge in [-0.1, -0.05) is 18.2 Å². The highest BCUT2D eigenvalue weighted by Gasteiger charge is 2.35. The molecule has 4 aromatic heterocycles. The average molecular weight is 1080 g/mol. The van der Waals surface area contributed by atoms with E-state index in [0.29, 0.717) is 38.6 Å². The molecule has 0 atom stereocenters. The largest absolute Gasteiger partial charge is 0.444 e. The van der Waals surface area contributed by atoms with Crippen LogP contribution in [0.4, 0.5) is 18.4 Å². The molecular weight excluding hydrogens is 1020 g/mol. The zero-order valence-electron chi connectivity index (χ0n) is 41.0. The first-order chi connectivity index (χ1) is 33.4.